The van der Waals surface area contributed by atoms with Crippen LogP contribution in [0.4, 0.5) is 18.9 Å². The number of anilines is 1. The molecule has 1 aliphatic rings. The minimum atomic E-state index is -4.38. The Morgan fingerprint density at radius 1 is 1.37 bits per heavy atom. The van der Waals surface area contributed by atoms with E-state index < -0.39 is 17.6 Å². The predicted molar refractivity (Wildman–Crippen MR) is 64.7 cm³/mol. The van der Waals surface area contributed by atoms with Crippen LogP contribution in [0.2, 0.25) is 0 Å². The molecule has 2 N–H and O–H groups in total. The largest absolute Gasteiger partial charge is 0.416 e. The number of halogens is 3. The molecule has 102 valence electrons. The van der Waals surface area contributed by atoms with E-state index in [0.29, 0.717) is 17.8 Å². The van der Waals surface area contributed by atoms with Gasteiger partial charge in [0.05, 0.1) is 5.56 Å². The molecule has 1 amide bonds. The van der Waals surface area contributed by atoms with Crippen molar-refractivity contribution >= 4 is 17.3 Å². The summed E-state index contributed by atoms with van der Waals surface area (Å²) in [4.78, 5) is 11.7. The van der Waals surface area contributed by atoms with Crippen molar-refractivity contribution in [2.45, 2.75) is 25.6 Å². The molecule has 0 aliphatic carbocycles. The van der Waals surface area contributed by atoms with Gasteiger partial charge in [-0.05, 0) is 31.2 Å². The fourth-order valence-corrected chi connectivity index (χ4v) is 1.66. The third-order valence-corrected chi connectivity index (χ3v) is 2.65. The molecule has 0 spiro atoms. The van der Waals surface area contributed by atoms with Crippen LogP contribution in [0.3, 0.4) is 0 Å². The van der Waals surface area contributed by atoms with Gasteiger partial charge in [0, 0.05) is 18.2 Å². The number of hydrogen-bond donors (Lipinski definition) is 2. The van der Waals surface area contributed by atoms with Gasteiger partial charge in [0.25, 0.3) is 5.91 Å². The summed E-state index contributed by atoms with van der Waals surface area (Å²) in [6.07, 6.45) is -3.89. The van der Waals surface area contributed by atoms with Gasteiger partial charge < -0.3 is 10.7 Å². The molecule has 0 saturated heterocycles. The van der Waals surface area contributed by atoms with Crippen LogP contribution in [-0.4, -0.2) is 17.7 Å². The summed E-state index contributed by atoms with van der Waals surface area (Å²) in [5.74, 6) is -0.406. The predicted octanol–water partition coefficient (Wildman–Crippen LogP) is 2.38. The van der Waals surface area contributed by atoms with E-state index in [4.69, 9.17) is 0 Å². The summed E-state index contributed by atoms with van der Waals surface area (Å²) in [7, 11) is 0. The van der Waals surface area contributed by atoms with E-state index in [1.165, 1.54) is 12.1 Å². The van der Waals surface area contributed by atoms with Gasteiger partial charge >= 0.3 is 6.18 Å². The molecule has 1 aliphatic heterocycles. The van der Waals surface area contributed by atoms with Crippen LogP contribution in [0, 0.1) is 0 Å². The highest BCUT2D eigenvalue weighted by Crippen LogP contribution is 2.29. The molecular formula is C12H12F3N3O. The fourth-order valence-electron chi connectivity index (χ4n) is 1.66. The molecule has 0 radical (unpaired) electrons. The lowest BCUT2D eigenvalue weighted by Gasteiger charge is -2.08. The molecule has 0 fully saturated rings. The highest BCUT2D eigenvalue weighted by molar-refractivity contribution is 6.43. The van der Waals surface area contributed by atoms with Crippen molar-refractivity contribution in [3.63, 3.8) is 0 Å². The first-order valence-corrected chi connectivity index (χ1v) is 5.67. The lowest BCUT2D eigenvalue weighted by Crippen LogP contribution is -2.22. The Kier molecular flexibility index (Phi) is 3.46. The fraction of sp³-hybridized carbons (Fsp3) is 0.333. The molecule has 0 saturated carbocycles. The second-order valence-corrected chi connectivity index (χ2v) is 4.32. The van der Waals surface area contributed by atoms with Crippen LogP contribution in [0.25, 0.3) is 0 Å². The Morgan fingerprint density at radius 3 is 2.47 bits per heavy atom. The zero-order valence-electron chi connectivity index (χ0n) is 10.1. The van der Waals surface area contributed by atoms with Crippen LogP contribution in [-0.2, 0) is 11.0 Å². The van der Waals surface area contributed by atoms with E-state index in [1.54, 1.807) is 0 Å². The minimum absolute atomic E-state index is 0.0911. The van der Waals surface area contributed by atoms with E-state index >= 15 is 0 Å². The van der Waals surface area contributed by atoms with Gasteiger partial charge in [-0.15, -0.1) is 0 Å². The molecule has 2 rings (SSSR count). The first-order chi connectivity index (χ1) is 8.86. The highest BCUT2D eigenvalue weighted by Gasteiger charge is 2.30. The molecular weight excluding hydrogens is 259 g/mol. The Labute approximate surface area is 107 Å². The average molecular weight is 271 g/mol. The Morgan fingerprint density at radius 2 is 2.00 bits per heavy atom. The molecule has 1 aromatic carbocycles. The van der Waals surface area contributed by atoms with Gasteiger partial charge in [-0.25, -0.2) is 0 Å². The van der Waals surface area contributed by atoms with Crippen LogP contribution < -0.4 is 10.7 Å². The summed E-state index contributed by atoms with van der Waals surface area (Å²) in [6, 6.07) is 4.37. The molecule has 0 bridgehead atoms. The number of nitrogens with one attached hydrogen (secondary N) is 2. The number of nitrogens with zero attached hydrogens (tertiary/aromatic N) is 1. The number of carbonyl (C=O) groups is 1. The second kappa shape index (κ2) is 4.91. The van der Waals surface area contributed by atoms with Gasteiger partial charge in [0.2, 0.25) is 0 Å². The average Bonchev–Trinajstić information content (AvgIpc) is 2.75. The zero-order chi connectivity index (χ0) is 14.0. The number of rotatable bonds is 2. The van der Waals surface area contributed by atoms with E-state index in [-0.39, 0.29) is 6.04 Å². The molecule has 1 atom stereocenters. The van der Waals surface area contributed by atoms with Crippen LogP contribution >= 0.6 is 0 Å². The monoisotopic (exact) mass is 271 g/mol. The van der Waals surface area contributed by atoms with Crippen molar-refractivity contribution in [3.8, 4) is 0 Å². The van der Waals surface area contributed by atoms with Gasteiger partial charge in [0.1, 0.15) is 5.71 Å². The van der Waals surface area contributed by atoms with Crippen molar-refractivity contribution in [3.05, 3.63) is 29.8 Å². The van der Waals surface area contributed by atoms with Crippen LogP contribution in [0.15, 0.2) is 29.4 Å². The summed E-state index contributed by atoms with van der Waals surface area (Å²) >= 11 is 0. The molecule has 4 nitrogen and oxygen atoms in total. The zero-order valence-corrected chi connectivity index (χ0v) is 10.1. The SMILES string of the molecule is CC1CC(C(=O)Nc2ccc(C(F)(F)F)cc2)=NN1. The van der Waals surface area contributed by atoms with Gasteiger partial charge in [-0.2, -0.15) is 18.3 Å². The van der Waals surface area contributed by atoms with Crippen molar-refractivity contribution < 1.29 is 18.0 Å². The van der Waals surface area contributed by atoms with Crippen molar-refractivity contribution in [2.75, 3.05) is 5.32 Å². The van der Waals surface area contributed by atoms with E-state index in [1.807, 2.05) is 6.92 Å². The maximum Gasteiger partial charge on any atom is 0.416 e. The van der Waals surface area contributed by atoms with Gasteiger partial charge in [-0.1, -0.05) is 0 Å². The molecule has 0 aromatic heterocycles. The Hall–Kier alpha value is -2.05. The smallest absolute Gasteiger partial charge is 0.321 e. The van der Waals surface area contributed by atoms with Crippen LogP contribution in [0.1, 0.15) is 18.9 Å². The van der Waals surface area contributed by atoms with Crippen LogP contribution in [0.5, 0.6) is 0 Å². The molecule has 1 unspecified atom stereocenters. The topological polar surface area (TPSA) is 53.5 Å². The van der Waals surface area contributed by atoms with Crippen molar-refractivity contribution in [1.82, 2.24) is 5.43 Å². The number of benzene rings is 1. The summed E-state index contributed by atoms with van der Waals surface area (Å²) in [6.45, 7) is 1.88. The highest BCUT2D eigenvalue weighted by atomic mass is 19.4. The number of hydrazone groups is 1. The summed E-state index contributed by atoms with van der Waals surface area (Å²) in [5, 5.41) is 6.35. The summed E-state index contributed by atoms with van der Waals surface area (Å²) in [5.41, 5.74) is 2.64. The number of amides is 1. The maximum absolute atomic E-state index is 12.4. The summed E-state index contributed by atoms with van der Waals surface area (Å²) < 4.78 is 37.1. The van der Waals surface area contributed by atoms with Gasteiger partial charge in [-0.3, -0.25) is 4.79 Å². The maximum atomic E-state index is 12.4. The molecule has 1 heterocycles. The van der Waals surface area contributed by atoms with Gasteiger partial charge in [0.15, 0.2) is 0 Å². The first kappa shape index (κ1) is 13.4. The number of alkyl halides is 3. The van der Waals surface area contributed by atoms with E-state index in [9.17, 15) is 18.0 Å². The molecule has 7 heteroatoms. The Bertz CT molecular complexity index is 508. The van der Waals surface area contributed by atoms with Crippen molar-refractivity contribution in [2.24, 2.45) is 5.10 Å². The third-order valence-electron chi connectivity index (χ3n) is 2.65. The lowest BCUT2D eigenvalue weighted by atomic mass is 10.1. The minimum Gasteiger partial charge on any atom is -0.321 e. The second-order valence-electron chi connectivity index (χ2n) is 4.32. The number of hydrogen-bond acceptors (Lipinski definition) is 3. The lowest BCUT2D eigenvalue weighted by molar-refractivity contribution is -0.137. The number of carbonyl (C=O) groups excluding carboxylic acids is 1. The standard InChI is InChI=1S/C12H12F3N3O/c1-7-6-10(18-17-7)11(19)16-9-4-2-8(3-5-9)12(13,14)15/h2-5,7,17H,6H2,1H3,(H,16,19). The van der Waals surface area contributed by atoms with E-state index in [0.717, 1.165) is 12.1 Å². The Balaban J connectivity index is 2.02. The molecule has 19 heavy (non-hydrogen) atoms. The van der Waals surface area contributed by atoms with Crippen molar-refractivity contribution in [1.29, 1.82) is 0 Å². The third kappa shape index (κ3) is 3.24. The van der Waals surface area contributed by atoms with E-state index in [2.05, 4.69) is 15.8 Å². The molecule has 1 aromatic rings. The normalized spacial score (nSPS) is 18.7. The quantitative estimate of drug-likeness (QED) is 0.867. The first-order valence-electron chi connectivity index (χ1n) is 5.67.